The maximum Gasteiger partial charge on any atom is 0.282 e. The lowest BCUT2D eigenvalue weighted by molar-refractivity contribution is 0.104. The number of rotatable bonds is 6. The molecule has 102 valence electrons. The van der Waals surface area contributed by atoms with Crippen LogP contribution in [0.3, 0.4) is 0 Å². The van der Waals surface area contributed by atoms with E-state index in [1.165, 1.54) is 8.61 Å². The van der Waals surface area contributed by atoms with E-state index in [4.69, 9.17) is 0 Å². The summed E-state index contributed by atoms with van der Waals surface area (Å²) in [6.07, 6.45) is 2.56. The number of hydrogen-bond acceptors (Lipinski definition) is 3. The van der Waals surface area contributed by atoms with Crippen molar-refractivity contribution >= 4 is 10.2 Å². The van der Waals surface area contributed by atoms with Gasteiger partial charge in [0.1, 0.15) is 0 Å². The van der Waals surface area contributed by atoms with Gasteiger partial charge in [-0.1, -0.05) is 13.8 Å². The van der Waals surface area contributed by atoms with Gasteiger partial charge in [-0.2, -0.15) is 17.0 Å². The summed E-state index contributed by atoms with van der Waals surface area (Å²) in [7, 11) is -3.37. The van der Waals surface area contributed by atoms with Crippen molar-refractivity contribution in [1.82, 2.24) is 8.61 Å². The molecule has 1 heterocycles. The Balaban J connectivity index is 2.75. The van der Waals surface area contributed by atoms with Crippen molar-refractivity contribution in [2.45, 2.75) is 45.6 Å². The minimum Gasteiger partial charge on any atom is -0.392 e. The van der Waals surface area contributed by atoms with Gasteiger partial charge in [-0.25, -0.2) is 0 Å². The van der Waals surface area contributed by atoms with E-state index in [1.54, 1.807) is 0 Å². The zero-order valence-corrected chi connectivity index (χ0v) is 11.6. The van der Waals surface area contributed by atoms with Crippen LogP contribution in [-0.2, 0) is 10.2 Å². The first-order chi connectivity index (χ1) is 8.02. The topological polar surface area (TPSA) is 60.9 Å². The summed E-state index contributed by atoms with van der Waals surface area (Å²) < 4.78 is 27.7. The van der Waals surface area contributed by atoms with Gasteiger partial charge in [0.15, 0.2) is 0 Å². The van der Waals surface area contributed by atoms with Crippen LogP contribution in [0.2, 0.25) is 0 Å². The molecular weight excluding hydrogens is 240 g/mol. The second-order valence-electron chi connectivity index (χ2n) is 4.56. The summed E-state index contributed by atoms with van der Waals surface area (Å²) in [4.78, 5) is 0. The first kappa shape index (κ1) is 14.9. The quantitative estimate of drug-likeness (QED) is 0.772. The fourth-order valence-corrected chi connectivity index (χ4v) is 4.01. The van der Waals surface area contributed by atoms with Gasteiger partial charge >= 0.3 is 0 Å². The third kappa shape index (κ3) is 3.91. The van der Waals surface area contributed by atoms with Crippen LogP contribution in [0.1, 0.15) is 39.5 Å². The normalized spacial score (nSPS) is 23.2. The summed E-state index contributed by atoms with van der Waals surface area (Å²) in [5.74, 6) is 0. The van der Waals surface area contributed by atoms with Gasteiger partial charge in [-0.3, -0.25) is 0 Å². The van der Waals surface area contributed by atoms with Crippen molar-refractivity contribution in [2.24, 2.45) is 0 Å². The van der Waals surface area contributed by atoms with Crippen LogP contribution in [0, 0.1) is 0 Å². The summed E-state index contributed by atoms with van der Waals surface area (Å²) in [6, 6.07) is 0. The average Bonchev–Trinajstić information content (AvgIpc) is 2.29. The molecule has 0 radical (unpaired) electrons. The molecule has 0 aromatic carbocycles. The van der Waals surface area contributed by atoms with E-state index in [0.717, 1.165) is 19.3 Å². The highest BCUT2D eigenvalue weighted by Gasteiger charge is 2.32. The molecule has 0 aliphatic carbocycles. The molecule has 1 N–H and O–H groups in total. The Kier molecular flexibility index (Phi) is 5.85. The van der Waals surface area contributed by atoms with Crippen LogP contribution in [0.25, 0.3) is 0 Å². The van der Waals surface area contributed by atoms with Crippen LogP contribution in [0.5, 0.6) is 0 Å². The standard InChI is InChI=1S/C11H24N2O3S/c1-3-7-12(8-4-2)17(15,16)13-9-5-6-11(14)10-13/h11,14H,3-10H2,1-2H3. The van der Waals surface area contributed by atoms with E-state index in [1.807, 2.05) is 13.8 Å². The molecule has 0 amide bonds. The highest BCUT2D eigenvalue weighted by Crippen LogP contribution is 2.17. The van der Waals surface area contributed by atoms with Gasteiger partial charge in [-0.05, 0) is 25.7 Å². The highest BCUT2D eigenvalue weighted by atomic mass is 32.2. The Labute approximate surface area is 105 Å². The van der Waals surface area contributed by atoms with Crippen LogP contribution in [0.15, 0.2) is 0 Å². The predicted molar refractivity (Wildman–Crippen MR) is 67.9 cm³/mol. The summed E-state index contributed by atoms with van der Waals surface area (Å²) in [5.41, 5.74) is 0. The zero-order chi connectivity index (χ0) is 12.9. The van der Waals surface area contributed by atoms with Crippen LogP contribution in [0.4, 0.5) is 0 Å². The zero-order valence-electron chi connectivity index (χ0n) is 10.8. The fourth-order valence-electron chi connectivity index (χ4n) is 2.14. The Morgan fingerprint density at radius 1 is 1.29 bits per heavy atom. The minimum absolute atomic E-state index is 0.242. The molecule has 6 heteroatoms. The Bertz CT molecular complexity index is 302. The molecule has 0 aromatic heterocycles. The summed E-state index contributed by atoms with van der Waals surface area (Å²) in [6.45, 7) is 5.84. The molecule has 0 spiro atoms. The smallest absolute Gasteiger partial charge is 0.282 e. The molecule has 5 nitrogen and oxygen atoms in total. The van der Waals surface area contributed by atoms with E-state index < -0.39 is 16.3 Å². The van der Waals surface area contributed by atoms with Crippen molar-refractivity contribution in [1.29, 1.82) is 0 Å². The van der Waals surface area contributed by atoms with E-state index in [0.29, 0.717) is 26.1 Å². The molecule has 1 rings (SSSR count). The second kappa shape index (κ2) is 6.68. The molecule has 0 aromatic rings. The van der Waals surface area contributed by atoms with Crippen LogP contribution < -0.4 is 0 Å². The van der Waals surface area contributed by atoms with E-state index in [2.05, 4.69) is 0 Å². The number of aliphatic hydroxyl groups is 1. The van der Waals surface area contributed by atoms with Gasteiger partial charge in [0.25, 0.3) is 10.2 Å². The number of hydrogen-bond donors (Lipinski definition) is 1. The maximum atomic E-state index is 12.4. The Morgan fingerprint density at radius 2 is 1.88 bits per heavy atom. The number of β-amino-alcohol motifs (C(OH)–C–C–N with tert-alkyl or cyclic N) is 1. The molecule has 1 aliphatic rings. The largest absolute Gasteiger partial charge is 0.392 e. The number of aliphatic hydroxyl groups excluding tert-OH is 1. The lowest BCUT2D eigenvalue weighted by Gasteiger charge is -2.33. The predicted octanol–water partition coefficient (Wildman–Crippen LogP) is 0.810. The van der Waals surface area contributed by atoms with Crippen LogP contribution >= 0.6 is 0 Å². The molecular formula is C11H24N2O3S. The van der Waals surface area contributed by atoms with Gasteiger partial charge in [0, 0.05) is 26.2 Å². The Morgan fingerprint density at radius 3 is 2.35 bits per heavy atom. The number of piperidine rings is 1. The third-order valence-corrected chi connectivity index (χ3v) is 4.96. The van der Waals surface area contributed by atoms with Crippen molar-refractivity contribution in [2.75, 3.05) is 26.2 Å². The third-order valence-electron chi connectivity index (χ3n) is 2.96. The molecule has 1 unspecified atom stereocenters. The van der Waals surface area contributed by atoms with Crippen molar-refractivity contribution in [3.63, 3.8) is 0 Å². The Hall–Kier alpha value is -0.170. The van der Waals surface area contributed by atoms with Gasteiger partial charge in [-0.15, -0.1) is 0 Å². The van der Waals surface area contributed by atoms with E-state index in [9.17, 15) is 13.5 Å². The van der Waals surface area contributed by atoms with Crippen molar-refractivity contribution in [3.05, 3.63) is 0 Å². The first-order valence-electron chi connectivity index (χ1n) is 6.45. The van der Waals surface area contributed by atoms with Gasteiger partial charge in [0.2, 0.25) is 0 Å². The minimum atomic E-state index is -3.37. The number of nitrogens with zero attached hydrogens (tertiary/aromatic N) is 2. The molecule has 1 saturated heterocycles. The molecule has 1 atom stereocenters. The first-order valence-corrected chi connectivity index (χ1v) is 7.85. The van der Waals surface area contributed by atoms with Gasteiger partial charge < -0.3 is 5.11 Å². The SMILES string of the molecule is CCCN(CCC)S(=O)(=O)N1CCCC(O)C1. The lowest BCUT2D eigenvalue weighted by Crippen LogP contribution is -2.49. The maximum absolute atomic E-state index is 12.4. The lowest BCUT2D eigenvalue weighted by atomic mass is 10.1. The molecule has 17 heavy (non-hydrogen) atoms. The van der Waals surface area contributed by atoms with E-state index in [-0.39, 0.29) is 6.54 Å². The van der Waals surface area contributed by atoms with Crippen molar-refractivity contribution < 1.29 is 13.5 Å². The monoisotopic (exact) mass is 264 g/mol. The molecule has 1 fully saturated rings. The van der Waals surface area contributed by atoms with Crippen molar-refractivity contribution in [3.8, 4) is 0 Å². The van der Waals surface area contributed by atoms with Crippen LogP contribution in [-0.4, -0.2) is 54.4 Å². The summed E-state index contributed by atoms with van der Waals surface area (Å²) >= 11 is 0. The highest BCUT2D eigenvalue weighted by molar-refractivity contribution is 7.86. The van der Waals surface area contributed by atoms with E-state index >= 15 is 0 Å². The second-order valence-corrected chi connectivity index (χ2v) is 6.49. The molecule has 1 aliphatic heterocycles. The summed E-state index contributed by atoms with van der Waals surface area (Å²) in [5, 5.41) is 9.56. The van der Waals surface area contributed by atoms with Gasteiger partial charge in [0.05, 0.1) is 6.10 Å². The average molecular weight is 264 g/mol. The molecule has 0 saturated carbocycles. The molecule has 0 bridgehead atoms. The fraction of sp³-hybridized carbons (Fsp3) is 1.00.